The van der Waals surface area contributed by atoms with E-state index in [0.29, 0.717) is 0 Å². The van der Waals surface area contributed by atoms with Gasteiger partial charge in [0.2, 0.25) is 0 Å². The first-order valence-electron chi connectivity index (χ1n) is 9.21. The number of para-hydroxylation sites is 1. The fourth-order valence-corrected chi connectivity index (χ4v) is 4.38. The summed E-state index contributed by atoms with van der Waals surface area (Å²) < 4.78 is 11.8. The second-order valence-corrected chi connectivity index (χ2v) is 8.92. The molecule has 3 heterocycles. The van der Waals surface area contributed by atoms with Crippen LogP contribution >= 0.6 is 0 Å². The van der Waals surface area contributed by atoms with Gasteiger partial charge in [-0.05, 0) is 52.7 Å². The number of ether oxygens (including phenoxy) is 2. The van der Waals surface area contributed by atoms with Gasteiger partial charge in [-0.1, -0.05) is 18.2 Å². The van der Waals surface area contributed by atoms with E-state index in [0.717, 1.165) is 24.4 Å². The van der Waals surface area contributed by atoms with Gasteiger partial charge in [-0.15, -0.1) is 0 Å². The van der Waals surface area contributed by atoms with Gasteiger partial charge in [-0.3, -0.25) is 4.99 Å². The number of alkyl carbamates (subject to hydrolysis) is 1. The van der Waals surface area contributed by atoms with Crippen LogP contribution < -0.4 is 10.6 Å². The number of hydrogen-bond acceptors (Lipinski definition) is 5. The topological polar surface area (TPSA) is 72.0 Å². The van der Waals surface area contributed by atoms with Crippen molar-refractivity contribution in [3.63, 3.8) is 0 Å². The Morgan fingerprint density at radius 2 is 2.04 bits per heavy atom. The van der Waals surface area contributed by atoms with Crippen LogP contribution in [0.2, 0.25) is 0 Å². The molecule has 6 nitrogen and oxygen atoms in total. The molecule has 3 aliphatic heterocycles. The maximum atomic E-state index is 12.3. The van der Waals surface area contributed by atoms with Gasteiger partial charge < -0.3 is 20.1 Å². The summed E-state index contributed by atoms with van der Waals surface area (Å²) in [5, 5.41) is 6.49. The van der Waals surface area contributed by atoms with Gasteiger partial charge in [0.25, 0.3) is 0 Å². The number of amides is 1. The normalized spacial score (nSPS) is 29.3. The van der Waals surface area contributed by atoms with Gasteiger partial charge in [-0.2, -0.15) is 0 Å². The highest BCUT2D eigenvalue weighted by Gasteiger charge is 2.63. The number of hydrogen-bond donors (Lipinski definition) is 2. The number of aliphatic imine (C=N–C) groups is 1. The summed E-state index contributed by atoms with van der Waals surface area (Å²) in [6.07, 6.45) is 0.0362. The van der Waals surface area contributed by atoms with Crippen LogP contribution in [0.4, 0.5) is 10.5 Å². The first-order chi connectivity index (χ1) is 12.1. The van der Waals surface area contributed by atoms with Crippen LogP contribution in [0.5, 0.6) is 0 Å². The summed E-state index contributed by atoms with van der Waals surface area (Å²) in [6, 6.07) is 8.33. The number of carbonyl (C=O) groups is 1. The van der Waals surface area contributed by atoms with E-state index >= 15 is 0 Å². The number of nitrogens with zero attached hydrogens (tertiary/aromatic N) is 1. The molecule has 2 N–H and O–H groups in total. The van der Waals surface area contributed by atoms with Crippen molar-refractivity contribution in [1.29, 1.82) is 0 Å². The van der Waals surface area contributed by atoms with Gasteiger partial charge in [0, 0.05) is 12.2 Å². The number of benzene rings is 1. The molecular weight excluding hydrogens is 330 g/mol. The zero-order valence-electron chi connectivity index (χ0n) is 16.1. The van der Waals surface area contributed by atoms with Gasteiger partial charge in [0.1, 0.15) is 17.9 Å². The standard InChI is InChI=1S/C20H27N3O3/c1-18(2,3)26-17(24)23-19(4,5)15-14-20(10-11-21-14)12-8-6-7-9-13(12)22-16(20)25-15/h6-9,15-16,22H,10-11H2,1-5H3,(H,23,24)/t15-,16-,20+/m0/s1. The van der Waals surface area contributed by atoms with Crippen molar-refractivity contribution < 1.29 is 14.3 Å². The minimum atomic E-state index is -0.639. The quantitative estimate of drug-likeness (QED) is 0.852. The second-order valence-electron chi connectivity index (χ2n) is 8.92. The van der Waals surface area contributed by atoms with Crippen molar-refractivity contribution in [3.05, 3.63) is 29.8 Å². The Morgan fingerprint density at radius 1 is 1.31 bits per heavy atom. The molecule has 0 radical (unpaired) electrons. The van der Waals surface area contributed by atoms with Crippen molar-refractivity contribution in [2.75, 3.05) is 11.9 Å². The van der Waals surface area contributed by atoms with Crippen molar-refractivity contribution >= 4 is 17.5 Å². The molecule has 0 saturated carbocycles. The molecule has 26 heavy (non-hydrogen) atoms. The molecule has 1 amide bonds. The molecule has 0 aliphatic carbocycles. The minimum absolute atomic E-state index is 0.147. The van der Waals surface area contributed by atoms with Crippen LogP contribution in [-0.2, 0) is 14.9 Å². The lowest BCUT2D eigenvalue weighted by Crippen LogP contribution is -2.56. The summed E-state index contributed by atoms with van der Waals surface area (Å²) in [5.41, 5.74) is 1.98. The monoisotopic (exact) mass is 357 g/mol. The zero-order chi connectivity index (χ0) is 18.7. The van der Waals surface area contributed by atoms with Crippen molar-refractivity contribution in [2.24, 2.45) is 4.99 Å². The second kappa shape index (κ2) is 5.46. The van der Waals surface area contributed by atoms with Crippen molar-refractivity contribution in [2.45, 2.75) is 69.9 Å². The molecule has 1 aromatic rings. The third-order valence-electron chi connectivity index (χ3n) is 5.39. The predicted octanol–water partition coefficient (Wildman–Crippen LogP) is 3.22. The highest BCUT2D eigenvalue weighted by atomic mass is 16.6. The molecule has 0 unspecified atom stereocenters. The van der Waals surface area contributed by atoms with Crippen LogP contribution in [0.3, 0.4) is 0 Å². The smallest absolute Gasteiger partial charge is 0.408 e. The van der Waals surface area contributed by atoms with Gasteiger partial charge in [0.05, 0.1) is 16.7 Å². The van der Waals surface area contributed by atoms with E-state index in [-0.39, 0.29) is 17.7 Å². The SMILES string of the molecule is CC(C)(C)OC(=O)NC(C)(C)[C@H]1O[C@@H]2Nc3ccccc3[C@@]23CCN=C13. The molecule has 1 fully saturated rings. The molecule has 140 valence electrons. The van der Waals surface area contributed by atoms with Crippen LogP contribution in [0, 0.1) is 0 Å². The Kier molecular flexibility index (Phi) is 3.64. The fraction of sp³-hybridized carbons (Fsp3) is 0.600. The number of carbonyl (C=O) groups excluding carboxylic acids is 1. The number of nitrogens with one attached hydrogen (secondary N) is 2. The van der Waals surface area contributed by atoms with Crippen molar-refractivity contribution in [1.82, 2.24) is 5.32 Å². The molecule has 1 aromatic carbocycles. The summed E-state index contributed by atoms with van der Waals surface area (Å²) in [7, 11) is 0. The first-order valence-corrected chi connectivity index (χ1v) is 9.21. The average Bonchev–Trinajstić information content (AvgIpc) is 3.12. The summed E-state index contributed by atoms with van der Waals surface area (Å²) in [4.78, 5) is 17.1. The highest BCUT2D eigenvalue weighted by Crippen LogP contribution is 2.53. The van der Waals surface area contributed by atoms with Gasteiger partial charge in [0.15, 0.2) is 0 Å². The molecular formula is C20H27N3O3. The van der Waals surface area contributed by atoms with E-state index in [1.165, 1.54) is 5.56 Å². The highest BCUT2D eigenvalue weighted by molar-refractivity contribution is 6.06. The van der Waals surface area contributed by atoms with E-state index in [9.17, 15) is 4.79 Å². The molecule has 0 bridgehead atoms. The average molecular weight is 357 g/mol. The molecule has 0 aromatic heterocycles. The minimum Gasteiger partial charge on any atom is -0.444 e. The molecule has 1 saturated heterocycles. The predicted molar refractivity (Wildman–Crippen MR) is 101 cm³/mol. The Labute approximate surface area is 154 Å². The number of anilines is 1. The Bertz CT molecular complexity index is 781. The van der Waals surface area contributed by atoms with E-state index in [1.54, 1.807) is 0 Å². The lowest BCUT2D eigenvalue weighted by Gasteiger charge is -2.34. The van der Waals surface area contributed by atoms with Crippen LogP contribution in [0.1, 0.15) is 46.6 Å². The maximum Gasteiger partial charge on any atom is 0.408 e. The summed E-state index contributed by atoms with van der Waals surface area (Å²) in [6.45, 7) is 10.3. The van der Waals surface area contributed by atoms with Gasteiger partial charge in [-0.25, -0.2) is 4.79 Å². The van der Waals surface area contributed by atoms with E-state index in [2.05, 4.69) is 28.8 Å². The van der Waals surface area contributed by atoms with Crippen molar-refractivity contribution in [3.8, 4) is 0 Å². The third-order valence-corrected chi connectivity index (χ3v) is 5.39. The molecule has 4 rings (SSSR count). The van der Waals surface area contributed by atoms with E-state index in [4.69, 9.17) is 14.5 Å². The Balaban J connectivity index is 1.62. The lowest BCUT2D eigenvalue weighted by atomic mass is 9.73. The van der Waals surface area contributed by atoms with E-state index < -0.39 is 17.2 Å². The zero-order valence-corrected chi connectivity index (χ0v) is 16.1. The van der Waals surface area contributed by atoms with Crippen LogP contribution in [-0.4, -0.2) is 41.8 Å². The Hall–Kier alpha value is -2.08. The number of fused-ring (bicyclic) bond motifs is 1. The van der Waals surface area contributed by atoms with E-state index in [1.807, 2.05) is 40.7 Å². The molecule has 3 atom stereocenters. The third kappa shape index (κ3) is 2.50. The summed E-state index contributed by atoms with van der Waals surface area (Å²) >= 11 is 0. The molecule has 3 aliphatic rings. The number of rotatable bonds is 2. The largest absolute Gasteiger partial charge is 0.444 e. The Morgan fingerprint density at radius 3 is 2.77 bits per heavy atom. The summed E-state index contributed by atoms with van der Waals surface area (Å²) in [5.74, 6) is 0. The fourth-order valence-electron chi connectivity index (χ4n) is 4.38. The van der Waals surface area contributed by atoms with Crippen LogP contribution in [0.15, 0.2) is 29.3 Å². The lowest BCUT2D eigenvalue weighted by molar-refractivity contribution is 0.00269. The van der Waals surface area contributed by atoms with Crippen LogP contribution in [0.25, 0.3) is 0 Å². The maximum absolute atomic E-state index is 12.3. The van der Waals surface area contributed by atoms with Gasteiger partial charge >= 0.3 is 6.09 Å². The molecule has 6 heteroatoms. The first kappa shape index (κ1) is 17.3. The molecule has 1 spiro atoms.